The second-order valence-corrected chi connectivity index (χ2v) is 9.76. The second kappa shape index (κ2) is 11.0. The summed E-state index contributed by atoms with van der Waals surface area (Å²) in [7, 11) is 0. The van der Waals surface area contributed by atoms with Crippen LogP contribution in [0.3, 0.4) is 0 Å². The molecule has 0 saturated carbocycles. The third-order valence-electron chi connectivity index (χ3n) is 5.51. The maximum atomic E-state index is 13.6. The SMILES string of the molecule is N#CC(C(=O)NCc1ccco1)=c1sc(=Cc2ccc(-c3cccc(Cl)c3Cl)o2)c(=O)n1-c1ccccc1. The van der Waals surface area contributed by atoms with E-state index in [1.807, 2.05) is 12.1 Å². The Hall–Kier alpha value is -4.29. The van der Waals surface area contributed by atoms with Gasteiger partial charge in [-0.2, -0.15) is 5.26 Å². The van der Waals surface area contributed by atoms with Crippen LogP contribution in [0, 0.1) is 11.3 Å². The lowest BCUT2D eigenvalue weighted by Gasteiger charge is -2.04. The van der Waals surface area contributed by atoms with E-state index in [4.69, 9.17) is 32.0 Å². The van der Waals surface area contributed by atoms with Gasteiger partial charge in [0.05, 0.1) is 33.1 Å². The first-order valence-electron chi connectivity index (χ1n) is 11.2. The van der Waals surface area contributed by atoms with Crippen molar-refractivity contribution in [2.75, 3.05) is 0 Å². The number of nitrogens with one attached hydrogen (secondary N) is 1. The van der Waals surface area contributed by atoms with Crippen molar-refractivity contribution >= 4 is 52.1 Å². The first kappa shape index (κ1) is 25.4. The van der Waals surface area contributed by atoms with Gasteiger partial charge in [0.2, 0.25) is 0 Å². The van der Waals surface area contributed by atoms with Crippen molar-refractivity contribution in [3.63, 3.8) is 0 Å². The Morgan fingerprint density at radius 2 is 1.87 bits per heavy atom. The molecule has 0 atom stereocenters. The number of rotatable bonds is 6. The van der Waals surface area contributed by atoms with Crippen LogP contribution in [0.25, 0.3) is 28.7 Å². The molecule has 0 bridgehead atoms. The van der Waals surface area contributed by atoms with E-state index in [1.165, 1.54) is 10.8 Å². The van der Waals surface area contributed by atoms with Crippen molar-refractivity contribution in [3.05, 3.63) is 120 Å². The summed E-state index contributed by atoms with van der Waals surface area (Å²) in [5.41, 5.74) is 0.524. The zero-order valence-corrected chi connectivity index (χ0v) is 21.8. The van der Waals surface area contributed by atoms with Crippen molar-refractivity contribution < 1.29 is 13.6 Å². The molecule has 0 aliphatic carbocycles. The number of hydrogen-bond donors (Lipinski definition) is 1. The Labute approximate surface area is 230 Å². The van der Waals surface area contributed by atoms with E-state index in [0.717, 1.165) is 11.3 Å². The molecule has 2 aromatic carbocycles. The number of nitrogens with zero attached hydrogens (tertiary/aromatic N) is 2. The molecule has 3 aromatic heterocycles. The monoisotopic (exact) mass is 561 g/mol. The molecule has 0 aliphatic heterocycles. The summed E-state index contributed by atoms with van der Waals surface area (Å²) in [6.07, 6.45) is 3.05. The number of amides is 1. The van der Waals surface area contributed by atoms with Crippen LogP contribution in [0.1, 0.15) is 11.5 Å². The van der Waals surface area contributed by atoms with E-state index in [-0.39, 0.29) is 21.3 Å². The number of halogens is 2. The van der Waals surface area contributed by atoms with E-state index < -0.39 is 11.5 Å². The molecule has 0 unspecified atom stereocenters. The van der Waals surface area contributed by atoms with Crippen LogP contribution in [0.2, 0.25) is 10.0 Å². The van der Waals surface area contributed by atoms with Gasteiger partial charge in [0.1, 0.15) is 28.0 Å². The van der Waals surface area contributed by atoms with Crippen LogP contribution in [0.15, 0.2) is 92.7 Å². The molecule has 10 heteroatoms. The molecule has 7 nitrogen and oxygen atoms in total. The van der Waals surface area contributed by atoms with Gasteiger partial charge in [-0.05, 0) is 48.5 Å². The van der Waals surface area contributed by atoms with Gasteiger partial charge >= 0.3 is 0 Å². The molecule has 0 spiro atoms. The molecule has 38 heavy (non-hydrogen) atoms. The van der Waals surface area contributed by atoms with Crippen LogP contribution < -0.4 is 20.1 Å². The number of furan rings is 2. The molecule has 3 heterocycles. The fourth-order valence-electron chi connectivity index (χ4n) is 3.72. The zero-order chi connectivity index (χ0) is 26.6. The van der Waals surface area contributed by atoms with E-state index in [0.29, 0.717) is 38.6 Å². The van der Waals surface area contributed by atoms with E-state index in [9.17, 15) is 14.9 Å². The first-order valence-corrected chi connectivity index (χ1v) is 12.8. The van der Waals surface area contributed by atoms with Crippen LogP contribution in [0.5, 0.6) is 0 Å². The summed E-state index contributed by atoms with van der Waals surface area (Å²) in [4.78, 5) is 26.5. The van der Waals surface area contributed by atoms with Gasteiger partial charge in [0, 0.05) is 11.6 Å². The predicted octanol–water partition coefficient (Wildman–Crippen LogP) is 4.88. The van der Waals surface area contributed by atoms with Gasteiger partial charge in [-0.25, -0.2) is 0 Å². The number of thiazole rings is 1. The maximum absolute atomic E-state index is 13.6. The Kier molecular flexibility index (Phi) is 7.33. The van der Waals surface area contributed by atoms with Gasteiger partial charge in [0.15, 0.2) is 5.57 Å². The molecule has 188 valence electrons. The van der Waals surface area contributed by atoms with Gasteiger partial charge in [-0.3, -0.25) is 14.2 Å². The van der Waals surface area contributed by atoms with Gasteiger partial charge < -0.3 is 14.2 Å². The van der Waals surface area contributed by atoms with Gasteiger partial charge in [-0.15, -0.1) is 11.3 Å². The second-order valence-electron chi connectivity index (χ2n) is 7.94. The Morgan fingerprint density at radius 1 is 1.05 bits per heavy atom. The van der Waals surface area contributed by atoms with Crippen LogP contribution in [0.4, 0.5) is 0 Å². The van der Waals surface area contributed by atoms with Crippen LogP contribution in [-0.2, 0) is 11.3 Å². The lowest BCUT2D eigenvalue weighted by Crippen LogP contribution is -2.33. The van der Waals surface area contributed by atoms with Crippen molar-refractivity contribution in [2.45, 2.75) is 6.54 Å². The Morgan fingerprint density at radius 3 is 2.61 bits per heavy atom. The minimum atomic E-state index is -0.628. The number of para-hydroxylation sites is 1. The average molecular weight is 562 g/mol. The number of hydrogen-bond acceptors (Lipinski definition) is 6. The highest BCUT2D eigenvalue weighted by Crippen LogP contribution is 2.34. The first-order chi connectivity index (χ1) is 18.5. The van der Waals surface area contributed by atoms with E-state index in [1.54, 1.807) is 72.8 Å². The van der Waals surface area contributed by atoms with Gasteiger partial charge in [-0.1, -0.05) is 47.5 Å². The highest BCUT2D eigenvalue weighted by molar-refractivity contribution is 7.07. The highest BCUT2D eigenvalue weighted by Gasteiger charge is 2.18. The van der Waals surface area contributed by atoms with E-state index in [2.05, 4.69) is 5.32 Å². The number of aromatic nitrogens is 1. The highest BCUT2D eigenvalue weighted by atomic mass is 35.5. The maximum Gasteiger partial charge on any atom is 0.273 e. The van der Waals surface area contributed by atoms with Crippen molar-refractivity contribution in [3.8, 4) is 23.1 Å². The summed E-state index contributed by atoms with van der Waals surface area (Å²) in [6.45, 7) is 0.0954. The lowest BCUT2D eigenvalue weighted by molar-refractivity contribution is -0.115. The smallest absolute Gasteiger partial charge is 0.273 e. The summed E-state index contributed by atoms with van der Waals surface area (Å²) in [6, 6.07) is 22.8. The fraction of sp³-hybridized carbons (Fsp3) is 0.0357. The molecular formula is C28H17Cl2N3O4S. The standard InChI is InChI=1S/C28H17Cl2N3O4S/c29-22-10-4-9-20(25(22)30)23-12-11-18(37-23)14-24-27(35)33(17-6-2-1-3-7-17)28(38-24)21(15-31)26(34)32-16-19-8-5-13-36-19/h1-14H,16H2,(H,32,34). The number of benzene rings is 2. The number of carbonyl (C=O) groups is 1. The lowest BCUT2D eigenvalue weighted by atomic mass is 10.2. The average Bonchev–Trinajstić information content (AvgIpc) is 3.68. The van der Waals surface area contributed by atoms with Crippen molar-refractivity contribution in [1.29, 1.82) is 5.26 Å². The molecule has 0 saturated heterocycles. The van der Waals surface area contributed by atoms with E-state index >= 15 is 0 Å². The molecule has 1 N–H and O–H groups in total. The molecular weight excluding hydrogens is 545 g/mol. The molecule has 5 rings (SSSR count). The summed E-state index contributed by atoms with van der Waals surface area (Å²) < 4.78 is 13.0. The third kappa shape index (κ3) is 5.08. The van der Waals surface area contributed by atoms with Crippen molar-refractivity contribution in [2.24, 2.45) is 0 Å². The summed E-state index contributed by atoms with van der Waals surface area (Å²) >= 11 is 13.5. The van der Waals surface area contributed by atoms with Crippen LogP contribution >= 0.6 is 34.5 Å². The molecule has 0 radical (unpaired) electrons. The minimum Gasteiger partial charge on any atom is -0.467 e. The molecule has 1 amide bonds. The van der Waals surface area contributed by atoms with Gasteiger partial charge in [0.25, 0.3) is 11.5 Å². The Bertz CT molecular complexity index is 1850. The fourth-order valence-corrected chi connectivity index (χ4v) is 5.20. The summed E-state index contributed by atoms with van der Waals surface area (Å²) in [5, 5.41) is 13.3. The van der Waals surface area contributed by atoms with Crippen molar-refractivity contribution in [1.82, 2.24) is 9.88 Å². The predicted molar refractivity (Wildman–Crippen MR) is 146 cm³/mol. The largest absolute Gasteiger partial charge is 0.467 e. The topological polar surface area (TPSA) is 101 Å². The quantitative estimate of drug-likeness (QED) is 0.318. The number of carbonyl (C=O) groups excluding carboxylic acids is 1. The molecule has 0 fully saturated rings. The summed E-state index contributed by atoms with van der Waals surface area (Å²) in [5.74, 6) is 0.773. The third-order valence-corrected chi connectivity index (χ3v) is 7.42. The molecule has 5 aromatic rings. The zero-order valence-electron chi connectivity index (χ0n) is 19.5. The Balaban J connectivity index is 1.63. The van der Waals surface area contributed by atoms with Crippen LogP contribution in [-0.4, -0.2) is 10.5 Å². The minimum absolute atomic E-state index is 0.0954. The number of nitriles is 1. The normalized spacial score (nSPS) is 12.3. The molecule has 0 aliphatic rings.